The molecule has 0 aromatic heterocycles. The van der Waals surface area contributed by atoms with Crippen LogP contribution in [0.2, 0.25) is 10.0 Å². The lowest BCUT2D eigenvalue weighted by molar-refractivity contribution is -0.117. The van der Waals surface area contributed by atoms with Gasteiger partial charge in [0.05, 0.1) is 28.8 Å². The van der Waals surface area contributed by atoms with Crippen molar-refractivity contribution in [3.8, 4) is 23.6 Å². The van der Waals surface area contributed by atoms with Gasteiger partial charge in [-0.1, -0.05) is 53.5 Å². The number of halogens is 2. The van der Waals surface area contributed by atoms with Gasteiger partial charge in [-0.2, -0.15) is 10.5 Å². The lowest BCUT2D eigenvalue weighted by Crippen LogP contribution is -2.23. The van der Waals surface area contributed by atoms with Crippen LogP contribution in [0.3, 0.4) is 0 Å². The molecular weight excluding hydrogens is 473 g/mol. The predicted molar refractivity (Wildman–Crippen MR) is 130 cm³/mol. The molecule has 0 heterocycles. The third-order valence-electron chi connectivity index (χ3n) is 4.82. The van der Waals surface area contributed by atoms with Crippen molar-refractivity contribution >= 4 is 35.2 Å². The van der Waals surface area contributed by atoms with Crippen LogP contribution in [-0.4, -0.2) is 13.0 Å². The highest BCUT2D eigenvalue weighted by Gasteiger charge is 2.13. The molecule has 6 nitrogen and oxygen atoms in total. The normalized spacial score (nSPS) is 10.7. The summed E-state index contributed by atoms with van der Waals surface area (Å²) in [5.74, 6) is 0.429. The number of hydrogen-bond donors (Lipinski definition) is 1. The van der Waals surface area contributed by atoms with Crippen molar-refractivity contribution in [3.63, 3.8) is 0 Å². The maximum Gasteiger partial charge on any atom is 0.262 e. The molecular formula is C26H19Cl2N3O3. The molecule has 0 radical (unpaired) electrons. The van der Waals surface area contributed by atoms with E-state index in [9.17, 15) is 15.3 Å². The molecule has 3 rings (SSSR count). The third kappa shape index (κ3) is 6.30. The Morgan fingerprint density at radius 1 is 1.06 bits per heavy atom. The van der Waals surface area contributed by atoms with Gasteiger partial charge < -0.3 is 14.8 Å². The van der Waals surface area contributed by atoms with Gasteiger partial charge in [0.1, 0.15) is 24.0 Å². The van der Waals surface area contributed by atoms with Gasteiger partial charge in [-0.05, 0) is 47.5 Å². The van der Waals surface area contributed by atoms with Crippen LogP contribution in [-0.2, 0) is 17.9 Å². The number of amides is 1. The number of nitrogens with zero attached hydrogens (tertiary/aromatic N) is 2. The Hall–Kier alpha value is -3.97. The Morgan fingerprint density at radius 2 is 1.74 bits per heavy atom. The van der Waals surface area contributed by atoms with Crippen molar-refractivity contribution in [1.82, 2.24) is 5.32 Å². The minimum atomic E-state index is -0.529. The molecule has 0 aliphatic carbocycles. The molecule has 0 fully saturated rings. The zero-order valence-corrected chi connectivity index (χ0v) is 19.7. The van der Waals surface area contributed by atoms with Crippen molar-refractivity contribution in [2.24, 2.45) is 0 Å². The van der Waals surface area contributed by atoms with E-state index in [0.29, 0.717) is 22.4 Å². The van der Waals surface area contributed by atoms with Crippen LogP contribution < -0.4 is 14.8 Å². The number of rotatable bonds is 8. The minimum absolute atomic E-state index is 0.0998. The fourth-order valence-corrected chi connectivity index (χ4v) is 3.66. The molecule has 0 saturated carbocycles. The summed E-state index contributed by atoms with van der Waals surface area (Å²) in [7, 11) is 1.58. The SMILES string of the molecule is COc1ccc(CNC(=O)/C(C#N)=C\c2cc(Cl)c(OCc3ccccc3C#N)c(Cl)c2)cc1. The molecule has 0 aliphatic rings. The molecule has 8 heteroatoms. The summed E-state index contributed by atoms with van der Waals surface area (Å²) >= 11 is 12.7. The maximum atomic E-state index is 12.5. The molecule has 34 heavy (non-hydrogen) atoms. The van der Waals surface area contributed by atoms with Crippen LogP contribution in [0, 0.1) is 22.7 Å². The van der Waals surface area contributed by atoms with Crippen LogP contribution in [0.1, 0.15) is 22.3 Å². The summed E-state index contributed by atoms with van der Waals surface area (Å²) in [6.45, 7) is 0.357. The van der Waals surface area contributed by atoms with Crippen LogP contribution in [0.15, 0.2) is 66.2 Å². The monoisotopic (exact) mass is 491 g/mol. The summed E-state index contributed by atoms with van der Waals surface area (Å²) in [5, 5.41) is 21.8. The Balaban J connectivity index is 1.71. The summed E-state index contributed by atoms with van der Waals surface area (Å²) < 4.78 is 10.9. The predicted octanol–water partition coefficient (Wildman–Crippen LogP) is 5.68. The molecule has 0 atom stereocenters. The van der Waals surface area contributed by atoms with E-state index in [0.717, 1.165) is 5.56 Å². The minimum Gasteiger partial charge on any atom is -0.497 e. The first-order chi connectivity index (χ1) is 16.4. The quantitative estimate of drug-likeness (QED) is 0.323. The second kappa shape index (κ2) is 11.8. The molecule has 1 N–H and O–H groups in total. The summed E-state index contributed by atoms with van der Waals surface area (Å²) in [6.07, 6.45) is 1.40. The highest BCUT2D eigenvalue weighted by atomic mass is 35.5. The van der Waals surface area contributed by atoms with Crippen molar-refractivity contribution in [2.75, 3.05) is 7.11 Å². The van der Waals surface area contributed by atoms with Gasteiger partial charge >= 0.3 is 0 Å². The van der Waals surface area contributed by atoms with Gasteiger partial charge in [-0.15, -0.1) is 0 Å². The highest BCUT2D eigenvalue weighted by Crippen LogP contribution is 2.35. The summed E-state index contributed by atoms with van der Waals surface area (Å²) in [4.78, 5) is 12.5. The van der Waals surface area contributed by atoms with E-state index < -0.39 is 5.91 Å². The Bertz CT molecular complexity index is 1280. The van der Waals surface area contributed by atoms with Crippen molar-refractivity contribution in [1.29, 1.82) is 10.5 Å². The van der Waals surface area contributed by atoms with E-state index in [-0.39, 0.29) is 34.5 Å². The molecule has 170 valence electrons. The Morgan fingerprint density at radius 3 is 2.35 bits per heavy atom. The fourth-order valence-electron chi connectivity index (χ4n) is 3.04. The van der Waals surface area contributed by atoms with Gasteiger partial charge in [0.2, 0.25) is 0 Å². The fraction of sp³-hybridized carbons (Fsp3) is 0.115. The smallest absolute Gasteiger partial charge is 0.262 e. The topological polar surface area (TPSA) is 95.1 Å². The maximum absolute atomic E-state index is 12.5. The number of benzene rings is 3. The average molecular weight is 492 g/mol. The van der Waals surface area contributed by atoms with Gasteiger partial charge in [0, 0.05) is 12.1 Å². The number of ether oxygens (including phenoxy) is 2. The third-order valence-corrected chi connectivity index (χ3v) is 5.38. The first-order valence-corrected chi connectivity index (χ1v) is 10.8. The van der Waals surface area contributed by atoms with Crippen LogP contribution in [0.4, 0.5) is 0 Å². The van der Waals surface area contributed by atoms with Crippen molar-refractivity contribution in [2.45, 2.75) is 13.2 Å². The number of nitriles is 2. The van der Waals surface area contributed by atoms with Crippen LogP contribution in [0.25, 0.3) is 6.08 Å². The molecule has 3 aromatic rings. The molecule has 1 amide bonds. The molecule has 3 aromatic carbocycles. The van der Waals surface area contributed by atoms with E-state index in [4.69, 9.17) is 32.7 Å². The van der Waals surface area contributed by atoms with E-state index in [1.165, 1.54) is 6.08 Å². The second-order valence-electron chi connectivity index (χ2n) is 7.07. The number of hydrogen-bond acceptors (Lipinski definition) is 5. The van der Waals surface area contributed by atoms with Gasteiger partial charge in [-0.3, -0.25) is 4.79 Å². The van der Waals surface area contributed by atoms with E-state index in [1.807, 2.05) is 18.2 Å². The largest absolute Gasteiger partial charge is 0.497 e. The average Bonchev–Trinajstić information content (AvgIpc) is 2.85. The van der Waals surface area contributed by atoms with Crippen LogP contribution in [0.5, 0.6) is 11.5 Å². The van der Waals surface area contributed by atoms with E-state index in [2.05, 4.69) is 11.4 Å². The second-order valence-corrected chi connectivity index (χ2v) is 7.89. The zero-order valence-electron chi connectivity index (χ0n) is 18.1. The van der Waals surface area contributed by atoms with Gasteiger partial charge in [-0.25, -0.2) is 0 Å². The number of carbonyl (C=O) groups is 1. The molecule has 0 aliphatic heterocycles. The molecule has 0 unspecified atom stereocenters. The van der Waals surface area contributed by atoms with E-state index >= 15 is 0 Å². The number of nitrogens with one attached hydrogen (secondary N) is 1. The zero-order chi connectivity index (χ0) is 24.5. The highest BCUT2D eigenvalue weighted by molar-refractivity contribution is 6.37. The first-order valence-electron chi connectivity index (χ1n) is 10.1. The lowest BCUT2D eigenvalue weighted by Gasteiger charge is -2.12. The lowest BCUT2D eigenvalue weighted by atomic mass is 10.1. The first kappa shape index (κ1) is 24.7. The molecule has 0 spiro atoms. The summed E-state index contributed by atoms with van der Waals surface area (Å²) in [5.41, 5.74) is 2.42. The van der Waals surface area contributed by atoms with Crippen LogP contribution >= 0.6 is 23.2 Å². The standard InChI is InChI=1S/C26H19Cl2N3O3/c1-33-22-8-6-17(7-9-22)15-31-26(32)21(14-30)10-18-11-23(27)25(24(28)12-18)34-16-20-5-3-2-4-19(20)13-29/h2-12H,15-16H2,1H3,(H,31,32)/b21-10-. The Kier molecular flexibility index (Phi) is 8.54. The Labute approximate surface area is 207 Å². The van der Waals surface area contributed by atoms with E-state index in [1.54, 1.807) is 55.6 Å². The number of carbonyl (C=O) groups excluding carboxylic acids is 1. The molecule has 0 bridgehead atoms. The number of methoxy groups -OCH3 is 1. The van der Waals surface area contributed by atoms with Gasteiger partial charge in [0.15, 0.2) is 5.75 Å². The van der Waals surface area contributed by atoms with Gasteiger partial charge in [0.25, 0.3) is 5.91 Å². The van der Waals surface area contributed by atoms with Crippen molar-refractivity contribution < 1.29 is 14.3 Å². The van der Waals surface area contributed by atoms with Crippen molar-refractivity contribution in [3.05, 3.63) is 98.5 Å². The summed E-state index contributed by atoms with van der Waals surface area (Å²) in [6, 6.07) is 21.4. The molecule has 0 saturated heterocycles.